The fourth-order valence-corrected chi connectivity index (χ4v) is 2.08. The maximum atomic E-state index is 8.63. The Morgan fingerprint density at radius 2 is 0.882 bits per heavy atom. The summed E-state index contributed by atoms with van der Waals surface area (Å²) in [5, 5.41) is 17.0. The number of aliphatic hydroxyl groups excluding tert-OH is 1. The predicted molar refractivity (Wildman–Crippen MR) is 72.3 cm³/mol. The van der Waals surface area contributed by atoms with Crippen molar-refractivity contribution in [3.05, 3.63) is 0 Å². The van der Waals surface area contributed by atoms with Gasteiger partial charge in [0.05, 0.1) is 0 Å². The molecule has 3 nitrogen and oxygen atoms in total. The lowest BCUT2D eigenvalue weighted by Gasteiger charge is -2.02. The molecule has 0 aliphatic heterocycles. The van der Waals surface area contributed by atoms with E-state index in [0.717, 1.165) is 19.4 Å². The molecule has 0 heterocycles. The number of hydrogen-bond acceptors (Lipinski definition) is 3. The maximum absolute atomic E-state index is 8.63. The van der Waals surface area contributed by atoms with E-state index in [9.17, 15) is 0 Å². The van der Waals surface area contributed by atoms with E-state index >= 15 is 0 Å². The fraction of sp³-hybridized carbons (Fsp3) is 1.00. The summed E-state index contributed by atoms with van der Waals surface area (Å²) in [6.45, 7) is 1.08. The molecule has 0 aromatic rings. The quantitative estimate of drug-likeness (QED) is 0.323. The molecule has 0 saturated carbocycles. The molecular weight excluding hydrogens is 214 g/mol. The molecule has 0 saturated heterocycles. The van der Waals surface area contributed by atoms with Crippen LogP contribution in [0, 0.1) is 0 Å². The molecule has 3 heteroatoms. The van der Waals surface area contributed by atoms with Gasteiger partial charge >= 0.3 is 0 Å². The zero-order chi connectivity index (χ0) is 12.6. The minimum absolute atomic E-state index is 0.353. The third-order valence-corrected chi connectivity index (χ3v) is 3.20. The van der Waals surface area contributed by atoms with Crippen molar-refractivity contribution >= 4 is 0 Å². The number of rotatable bonds is 14. The summed E-state index contributed by atoms with van der Waals surface area (Å²) < 4.78 is 0. The van der Waals surface area contributed by atoms with Gasteiger partial charge in [0.25, 0.3) is 0 Å². The monoisotopic (exact) mass is 245 g/mol. The molecule has 0 fully saturated rings. The number of unbranched alkanes of at least 4 members (excludes halogenated alkanes) is 11. The second-order valence-corrected chi connectivity index (χ2v) is 4.87. The van der Waals surface area contributed by atoms with Gasteiger partial charge < -0.3 is 10.3 Å². The SMILES string of the molecule is OCCCCCCCCCCCCCCNO. The Morgan fingerprint density at radius 3 is 1.24 bits per heavy atom. The van der Waals surface area contributed by atoms with Gasteiger partial charge in [-0.15, -0.1) is 0 Å². The lowest BCUT2D eigenvalue weighted by Crippen LogP contribution is -2.07. The van der Waals surface area contributed by atoms with E-state index in [2.05, 4.69) is 5.48 Å². The lowest BCUT2D eigenvalue weighted by atomic mass is 10.1. The summed E-state index contributed by atoms with van der Waals surface area (Å²) in [6, 6.07) is 0. The summed E-state index contributed by atoms with van der Waals surface area (Å²) in [7, 11) is 0. The molecule has 0 aliphatic carbocycles. The van der Waals surface area contributed by atoms with Crippen LogP contribution in [0.3, 0.4) is 0 Å². The van der Waals surface area contributed by atoms with Gasteiger partial charge in [-0.25, -0.2) is 5.48 Å². The van der Waals surface area contributed by atoms with E-state index in [1.54, 1.807) is 0 Å². The summed E-state index contributed by atoms with van der Waals surface area (Å²) in [4.78, 5) is 0. The Balaban J connectivity index is 2.85. The van der Waals surface area contributed by atoms with Crippen molar-refractivity contribution in [1.82, 2.24) is 5.48 Å². The van der Waals surface area contributed by atoms with E-state index in [-0.39, 0.29) is 0 Å². The molecule has 3 N–H and O–H groups in total. The van der Waals surface area contributed by atoms with Crippen molar-refractivity contribution in [3.8, 4) is 0 Å². The highest BCUT2D eigenvalue weighted by Crippen LogP contribution is 2.11. The molecule has 0 rings (SSSR count). The molecule has 0 bridgehead atoms. The average Bonchev–Trinajstić information content (AvgIpc) is 2.35. The van der Waals surface area contributed by atoms with Gasteiger partial charge in [0.15, 0.2) is 0 Å². The highest BCUT2D eigenvalue weighted by atomic mass is 16.5. The molecule has 0 aromatic carbocycles. The Bertz CT molecular complexity index is 117. The molecule has 0 amide bonds. The second-order valence-electron chi connectivity index (χ2n) is 4.87. The third-order valence-electron chi connectivity index (χ3n) is 3.20. The topological polar surface area (TPSA) is 52.5 Å². The summed E-state index contributed by atoms with van der Waals surface area (Å²) in [5.74, 6) is 0. The summed E-state index contributed by atoms with van der Waals surface area (Å²) in [6.07, 6.45) is 15.2. The van der Waals surface area contributed by atoms with Crippen molar-refractivity contribution < 1.29 is 10.3 Å². The zero-order valence-electron chi connectivity index (χ0n) is 11.3. The molecule has 0 spiro atoms. The van der Waals surface area contributed by atoms with E-state index < -0.39 is 0 Å². The highest BCUT2D eigenvalue weighted by Gasteiger charge is 1.93. The van der Waals surface area contributed by atoms with Crippen LogP contribution in [-0.4, -0.2) is 23.5 Å². The van der Waals surface area contributed by atoms with Crippen molar-refractivity contribution in [2.24, 2.45) is 0 Å². The molecular formula is C14H31NO2. The molecule has 0 radical (unpaired) electrons. The van der Waals surface area contributed by atoms with E-state index in [0.29, 0.717) is 6.61 Å². The van der Waals surface area contributed by atoms with Crippen LogP contribution in [0.15, 0.2) is 0 Å². The van der Waals surface area contributed by atoms with Gasteiger partial charge in [-0.05, 0) is 12.8 Å². The van der Waals surface area contributed by atoms with Crippen LogP contribution >= 0.6 is 0 Å². The Morgan fingerprint density at radius 1 is 0.529 bits per heavy atom. The normalized spacial score (nSPS) is 10.9. The van der Waals surface area contributed by atoms with Crippen LogP contribution in [-0.2, 0) is 0 Å². The number of aliphatic hydroxyl groups is 1. The molecule has 104 valence electrons. The van der Waals surface area contributed by atoms with Gasteiger partial charge in [-0.3, -0.25) is 0 Å². The first kappa shape index (κ1) is 16.9. The molecule has 0 aliphatic rings. The molecule has 17 heavy (non-hydrogen) atoms. The minimum atomic E-state index is 0.353. The zero-order valence-corrected chi connectivity index (χ0v) is 11.3. The number of nitrogens with one attached hydrogen (secondary N) is 1. The first-order chi connectivity index (χ1) is 8.41. The Kier molecular flexibility index (Phi) is 15.8. The summed E-state index contributed by atoms with van der Waals surface area (Å²) >= 11 is 0. The van der Waals surface area contributed by atoms with Gasteiger partial charge in [0.2, 0.25) is 0 Å². The van der Waals surface area contributed by atoms with Crippen LogP contribution in [0.2, 0.25) is 0 Å². The van der Waals surface area contributed by atoms with E-state index in [1.165, 1.54) is 64.2 Å². The van der Waals surface area contributed by atoms with Gasteiger partial charge in [0, 0.05) is 13.2 Å². The maximum Gasteiger partial charge on any atom is 0.0431 e. The Hall–Kier alpha value is -0.120. The highest BCUT2D eigenvalue weighted by molar-refractivity contribution is 4.49. The predicted octanol–water partition coefficient (Wildman–Crippen LogP) is 3.64. The lowest BCUT2D eigenvalue weighted by molar-refractivity contribution is 0.164. The van der Waals surface area contributed by atoms with Gasteiger partial charge in [0.1, 0.15) is 0 Å². The minimum Gasteiger partial charge on any atom is -0.396 e. The summed E-state index contributed by atoms with van der Waals surface area (Å²) in [5.41, 5.74) is 2.19. The third kappa shape index (κ3) is 15.9. The van der Waals surface area contributed by atoms with Crippen LogP contribution in [0.25, 0.3) is 0 Å². The number of hydrogen-bond donors (Lipinski definition) is 3. The molecule has 0 aromatic heterocycles. The van der Waals surface area contributed by atoms with E-state index in [1.807, 2.05) is 0 Å². The largest absolute Gasteiger partial charge is 0.396 e. The first-order valence-electron chi connectivity index (χ1n) is 7.39. The smallest absolute Gasteiger partial charge is 0.0431 e. The van der Waals surface area contributed by atoms with Gasteiger partial charge in [-0.1, -0.05) is 64.2 Å². The van der Waals surface area contributed by atoms with Crippen LogP contribution < -0.4 is 5.48 Å². The Labute approximate surface area is 107 Å². The van der Waals surface area contributed by atoms with E-state index in [4.69, 9.17) is 10.3 Å². The standard InChI is InChI=1S/C14H31NO2/c16-14-12-10-8-6-4-2-1-3-5-7-9-11-13-15-17/h15-17H,1-14H2. The fourth-order valence-electron chi connectivity index (χ4n) is 2.08. The van der Waals surface area contributed by atoms with Crippen molar-refractivity contribution in [2.75, 3.05) is 13.2 Å². The van der Waals surface area contributed by atoms with Crippen LogP contribution in [0.1, 0.15) is 77.0 Å². The number of hydroxylamine groups is 1. The van der Waals surface area contributed by atoms with Crippen molar-refractivity contribution in [3.63, 3.8) is 0 Å². The molecule has 0 atom stereocenters. The second kappa shape index (κ2) is 15.9. The van der Waals surface area contributed by atoms with Gasteiger partial charge in [-0.2, -0.15) is 0 Å². The van der Waals surface area contributed by atoms with Crippen LogP contribution in [0.5, 0.6) is 0 Å². The van der Waals surface area contributed by atoms with Crippen LogP contribution in [0.4, 0.5) is 0 Å². The van der Waals surface area contributed by atoms with Crippen molar-refractivity contribution in [1.29, 1.82) is 0 Å². The first-order valence-corrected chi connectivity index (χ1v) is 7.39. The average molecular weight is 245 g/mol. The molecule has 0 unspecified atom stereocenters. The van der Waals surface area contributed by atoms with Crippen molar-refractivity contribution in [2.45, 2.75) is 77.0 Å².